The molecule has 4 rings (SSSR count). The van der Waals surface area contributed by atoms with Crippen LogP contribution in [-0.2, 0) is 0 Å². The zero-order chi connectivity index (χ0) is 18.9. The maximum absolute atomic E-state index is 13.2. The fourth-order valence-electron chi connectivity index (χ4n) is 3.56. The maximum atomic E-state index is 13.2. The number of nitrogens with zero attached hydrogens (tertiary/aromatic N) is 3. The molecular weight excluding hydrogens is 358 g/mol. The van der Waals surface area contributed by atoms with Crippen LogP contribution in [0.2, 0.25) is 0 Å². The lowest BCUT2D eigenvalue weighted by molar-refractivity contribution is 0.0272. The summed E-state index contributed by atoms with van der Waals surface area (Å²) in [6.45, 7) is 1.96. The van der Waals surface area contributed by atoms with E-state index in [1.165, 1.54) is 18.2 Å². The Kier molecular flexibility index (Phi) is 5.02. The highest BCUT2D eigenvalue weighted by molar-refractivity contribution is 7.99. The number of thioether (sulfide) groups is 1. The summed E-state index contributed by atoms with van der Waals surface area (Å²) >= 11 is 1.44. The first-order chi connectivity index (χ1) is 13.1. The van der Waals surface area contributed by atoms with E-state index in [0.717, 1.165) is 31.2 Å². The smallest absolute Gasteiger partial charge is 0.267 e. The van der Waals surface area contributed by atoms with Gasteiger partial charge >= 0.3 is 0 Å². The SMILES string of the molecule is Cc1ccc(-n2c(SCC3(O)CCCCC3)nc3ccccc3c2=O)nc1. The van der Waals surface area contributed by atoms with Crippen LogP contribution in [-0.4, -0.2) is 31.0 Å². The van der Waals surface area contributed by atoms with Gasteiger partial charge in [0.2, 0.25) is 0 Å². The average molecular weight is 382 g/mol. The molecule has 1 aromatic carbocycles. The molecule has 1 aliphatic rings. The molecule has 0 atom stereocenters. The molecule has 2 heterocycles. The Morgan fingerprint density at radius 2 is 1.93 bits per heavy atom. The lowest BCUT2D eigenvalue weighted by atomic mass is 9.86. The van der Waals surface area contributed by atoms with E-state index in [2.05, 4.69) is 4.98 Å². The molecule has 0 aliphatic heterocycles. The highest BCUT2D eigenvalue weighted by Gasteiger charge is 2.30. The van der Waals surface area contributed by atoms with Crippen LogP contribution < -0.4 is 5.56 Å². The molecule has 3 aromatic rings. The van der Waals surface area contributed by atoms with Gasteiger partial charge in [0.1, 0.15) is 5.82 Å². The molecule has 0 bridgehead atoms. The number of hydrogen-bond donors (Lipinski definition) is 1. The number of pyridine rings is 1. The second-order valence-electron chi connectivity index (χ2n) is 7.32. The van der Waals surface area contributed by atoms with Gasteiger partial charge in [0.05, 0.1) is 16.5 Å². The van der Waals surface area contributed by atoms with Crippen molar-refractivity contribution in [3.05, 3.63) is 58.5 Å². The van der Waals surface area contributed by atoms with Crippen molar-refractivity contribution < 1.29 is 5.11 Å². The normalized spacial score (nSPS) is 16.5. The van der Waals surface area contributed by atoms with Crippen LogP contribution in [0.1, 0.15) is 37.7 Å². The number of rotatable bonds is 4. The Hall–Kier alpha value is -2.18. The van der Waals surface area contributed by atoms with Crippen LogP contribution in [0.5, 0.6) is 0 Å². The Morgan fingerprint density at radius 1 is 1.15 bits per heavy atom. The molecule has 5 nitrogen and oxygen atoms in total. The average Bonchev–Trinajstić information content (AvgIpc) is 2.68. The predicted molar refractivity (Wildman–Crippen MR) is 109 cm³/mol. The van der Waals surface area contributed by atoms with Crippen molar-refractivity contribution in [3.8, 4) is 5.82 Å². The minimum atomic E-state index is -0.683. The number of para-hydroxylation sites is 1. The standard InChI is InChI=1S/C21H23N3O2S/c1-15-9-10-18(22-13-15)24-19(25)16-7-3-4-8-17(16)23-20(24)27-14-21(26)11-5-2-6-12-21/h3-4,7-10,13,26H,2,5-6,11-12,14H2,1H3. The molecule has 0 radical (unpaired) electrons. The van der Waals surface area contributed by atoms with E-state index in [1.54, 1.807) is 16.8 Å². The largest absolute Gasteiger partial charge is 0.389 e. The summed E-state index contributed by atoms with van der Waals surface area (Å²) in [7, 11) is 0. The summed E-state index contributed by atoms with van der Waals surface area (Å²) in [4.78, 5) is 22.3. The summed E-state index contributed by atoms with van der Waals surface area (Å²) in [5.74, 6) is 1.09. The lowest BCUT2D eigenvalue weighted by Crippen LogP contribution is -2.34. The zero-order valence-electron chi connectivity index (χ0n) is 15.4. The second-order valence-corrected chi connectivity index (χ2v) is 8.26. The Bertz CT molecular complexity index is 1010. The monoisotopic (exact) mass is 381 g/mol. The van der Waals surface area contributed by atoms with Gasteiger partial charge in [0.25, 0.3) is 5.56 Å². The minimum Gasteiger partial charge on any atom is -0.389 e. The second kappa shape index (κ2) is 7.44. The van der Waals surface area contributed by atoms with Gasteiger partial charge in [-0.1, -0.05) is 49.2 Å². The van der Waals surface area contributed by atoms with E-state index in [4.69, 9.17) is 4.98 Å². The molecule has 0 saturated heterocycles. The molecule has 1 fully saturated rings. The molecule has 0 unspecified atom stereocenters. The van der Waals surface area contributed by atoms with Gasteiger partial charge in [0.15, 0.2) is 5.16 Å². The molecule has 0 spiro atoms. The van der Waals surface area contributed by atoms with Crippen LogP contribution in [0.3, 0.4) is 0 Å². The van der Waals surface area contributed by atoms with Crippen molar-refractivity contribution in [2.45, 2.75) is 49.8 Å². The van der Waals surface area contributed by atoms with Gasteiger partial charge in [-0.2, -0.15) is 0 Å². The van der Waals surface area contributed by atoms with E-state index in [1.807, 2.05) is 37.3 Å². The number of benzene rings is 1. The fraction of sp³-hybridized carbons (Fsp3) is 0.381. The van der Waals surface area contributed by atoms with Crippen molar-refractivity contribution in [1.29, 1.82) is 0 Å². The molecule has 0 amide bonds. The van der Waals surface area contributed by atoms with E-state index < -0.39 is 5.60 Å². The van der Waals surface area contributed by atoms with Crippen LogP contribution in [0, 0.1) is 6.92 Å². The first-order valence-corrected chi connectivity index (χ1v) is 10.3. The highest BCUT2D eigenvalue weighted by Crippen LogP contribution is 2.33. The molecule has 27 heavy (non-hydrogen) atoms. The summed E-state index contributed by atoms with van der Waals surface area (Å²) in [5.41, 5.74) is 0.892. The maximum Gasteiger partial charge on any atom is 0.267 e. The lowest BCUT2D eigenvalue weighted by Gasteiger charge is -2.31. The third-order valence-electron chi connectivity index (χ3n) is 5.12. The summed E-state index contributed by atoms with van der Waals surface area (Å²) in [5, 5.41) is 12.0. The van der Waals surface area contributed by atoms with Crippen LogP contribution in [0.25, 0.3) is 16.7 Å². The molecule has 6 heteroatoms. The highest BCUT2D eigenvalue weighted by atomic mass is 32.2. The summed E-state index contributed by atoms with van der Waals surface area (Å²) < 4.78 is 1.57. The van der Waals surface area contributed by atoms with Crippen molar-refractivity contribution in [2.75, 3.05) is 5.75 Å². The first kappa shape index (κ1) is 18.2. The topological polar surface area (TPSA) is 68.0 Å². The first-order valence-electron chi connectivity index (χ1n) is 9.36. The molecular formula is C21H23N3O2S. The third-order valence-corrected chi connectivity index (χ3v) is 6.34. The Balaban J connectivity index is 1.78. The Labute approximate surface area is 162 Å². The number of aromatic nitrogens is 3. The van der Waals surface area contributed by atoms with Crippen molar-refractivity contribution >= 4 is 22.7 Å². The van der Waals surface area contributed by atoms with E-state index in [0.29, 0.717) is 27.6 Å². The van der Waals surface area contributed by atoms with Gasteiger partial charge in [-0.15, -0.1) is 0 Å². The Morgan fingerprint density at radius 3 is 2.67 bits per heavy atom. The van der Waals surface area contributed by atoms with Gasteiger partial charge in [0, 0.05) is 11.9 Å². The van der Waals surface area contributed by atoms with Crippen molar-refractivity contribution in [1.82, 2.24) is 14.5 Å². The summed E-state index contributed by atoms with van der Waals surface area (Å²) in [6.07, 6.45) is 6.64. The van der Waals surface area contributed by atoms with E-state index >= 15 is 0 Å². The number of aliphatic hydroxyl groups is 1. The van der Waals surface area contributed by atoms with Crippen molar-refractivity contribution in [3.63, 3.8) is 0 Å². The summed E-state index contributed by atoms with van der Waals surface area (Å²) in [6, 6.07) is 11.1. The minimum absolute atomic E-state index is 0.130. The van der Waals surface area contributed by atoms with Crippen LogP contribution in [0.4, 0.5) is 0 Å². The van der Waals surface area contributed by atoms with Crippen LogP contribution in [0.15, 0.2) is 52.5 Å². The van der Waals surface area contributed by atoms with Gasteiger partial charge in [-0.25, -0.2) is 14.5 Å². The number of aryl methyl sites for hydroxylation is 1. The molecule has 1 aliphatic carbocycles. The molecule has 2 aromatic heterocycles. The molecule has 140 valence electrons. The van der Waals surface area contributed by atoms with E-state index in [-0.39, 0.29) is 5.56 Å². The third kappa shape index (κ3) is 3.77. The molecule has 1 saturated carbocycles. The van der Waals surface area contributed by atoms with Gasteiger partial charge in [-0.3, -0.25) is 4.79 Å². The van der Waals surface area contributed by atoms with Gasteiger partial charge < -0.3 is 5.11 Å². The zero-order valence-corrected chi connectivity index (χ0v) is 16.2. The predicted octanol–water partition coefficient (Wildman–Crippen LogP) is 3.88. The van der Waals surface area contributed by atoms with Crippen molar-refractivity contribution in [2.24, 2.45) is 0 Å². The fourth-order valence-corrected chi connectivity index (χ4v) is 4.71. The number of fused-ring (bicyclic) bond motifs is 1. The number of hydrogen-bond acceptors (Lipinski definition) is 5. The van der Waals surface area contributed by atoms with Crippen LogP contribution >= 0.6 is 11.8 Å². The van der Waals surface area contributed by atoms with Gasteiger partial charge in [-0.05, 0) is 43.5 Å². The molecule has 1 N–H and O–H groups in total. The van der Waals surface area contributed by atoms with E-state index in [9.17, 15) is 9.90 Å². The quantitative estimate of drug-likeness (QED) is 0.549.